The van der Waals surface area contributed by atoms with Crippen LogP contribution in [0, 0.1) is 6.92 Å². The summed E-state index contributed by atoms with van der Waals surface area (Å²) >= 11 is 0. The Balaban J connectivity index is 1.58. The van der Waals surface area contributed by atoms with Crippen LogP contribution in [0.3, 0.4) is 0 Å². The number of ether oxygens (including phenoxy) is 3. The SMILES string of the molecule is CCCCOC1c2cc(NCc3ccccc3)ccc2OC(C)(C)C1OCc1ccccc1C. The summed E-state index contributed by atoms with van der Waals surface area (Å²) in [6, 6.07) is 25.1. The van der Waals surface area contributed by atoms with Gasteiger partial charge in [-0.25, -0.2) is 0 Å². The van der Waals surface area contributed by atoms with Gasteiger partial charge in [-0.3, -0.25) is 0 Å². The standard InChI is InChI=1S/C30H37NO3/c1-5-6-18-32-28-26-19-25(31-20-23-13-8-7-9-14-23)16-17-27(26)34-30(3,4)29(28)33-21-24-15-11-10-12-22(24)2/h7-17,19,28-29,31H,5-6,18,20-21H2,1-4H3. The maximum Gasteiger partial charge on any atom is 0.132 e. The first-order valence-corrected chi connectivity index (χ1v) is 12.4. The van der Waals surface area contributed by atoms with Gasteiger partial charge in [0.15, 0.2) is 0 Å². The van der Waals surface area contributed by atoms with E-state index < -0.39 is 5.60 Å². The molecule has 0 amide bonds. The highest BCUT2D eigenvalue weighted by Crippen LogP contribution is 2.44. The molecular formula is C30H37NO3. The van der Waals surface area contributed by atoms with E-state index in [0.717, 1.165) is 36.4 Å². The van der Waals surface area contributed by atoms with Gasteiger partial charge in [-0.15, -0.1) is 0 Å². The van der Waals surface area contributed by atoms with Gasteiger partial charge in [0.2, 0.25) is 0 Å². The first kappa shape index (κ1) is 24.3. The molecule has 1 heterocycles. The molecule has 1 N–H and O–H groups in total. The Labute approximate surface area is 204 Å². The number of fused-ring (bicyclic) bond motifs is 1. The zero-order chi connectivity index (χ0) is 24.0. The van der Waals surface area contributed by atoms with Crippen LogP contribution in [0.15, 0.2) is 72.8 Å². The highest BCUT2D eigenvalue weighted by Gasteiger charge is 2.45. The summed E-state index contributed by atoms with van der Waals surface area (Å²) in [7, 11) is 0. The van der Waals surface area contributed by atoms with Crippen LogP contribution in [-0.4, -0.2) is 18.3 Å². The minimum Gasteiger partial charge on any atom is -0.485 e. The number of aryl methyl sites for hydroxylation is 1. The maximum absolute atomic E-state index is 6.56. The molecule has 3 aromatic rings. The number of hydrogen-bond acceptors (Lipinski definition) is 4. The number of hydrogen-bond donors (Lipinski definition) is 1. The fourth-order valence-corrected chi connectivity index (χ4v) is 4.41. The van der Waals surface area contributed by atoms with Crippen LogP contribution in [0.25, 0.3) is 0 Å². The highest BCUT2D eigenvalue weighted by atomic mass is 16.6. The summed E-state index contributed by atoms with van der Waals surface area (Å²) in [6.45, 7) is 10.5. The summed E-state index contributed by atoms with van der Waals surface area (Å²) in [6.07, 6.45) is 1.67. The molecule has 0 bridgehead atoms. The van der Waals surface area contributed by atoms with Crippen molar-refractivity contribution in [2.24, 2.45) is 0 Å². The van der Waals surface area contributed by atoms with Crippen molar-refractivity contribution < 1.29 is 14.2 Å². The number of nitrogens with one attached hydrogen (secondary N) is 1. The molecule has 0 saturated heterocycles. The number of rotatable bonds is 10. The largest absolute Gasteiger partial charge is 0.485 e. The Hall–Kier alpha value is -2.82. The van der Waals surface area contributed by atoms with Gasteiger partial charge in [-0.05, 0) is 62.1 Å². The molecule has 2 unspecified atom stereocenters. The molecular weight excluding hydrogens is 422 g/mol. The van der Waals surface area contributed by atoms with Gasteiger partial charge < -0.3 is 19.5 Å². The molecule has 180 valence electrons. The molecule has 34 heavy (non-hydrogen) atoms. The van der Waals surface area contributed by atoms with E-state index in [1.165, 1.54) is 16.7 Å². The Bertz CT molecular complexity index is 1060. The van der Waals surface area contributed by atoms with Gasteiger partial charge in [0.1, 0.15) is 23.6 Å². The van der Waals surface area contributed by atoms with Gasteiger partial charge in [0.25, 0.3) is 0 Å². The second kappa shape index (κ2) is 11.1. The van der Waals surface area contributed by atoms with Gasteiger partial charge in [-0.2, -0.15) is 0 Å². The molecule has 1 aliphatic rings. The van der Waals surface area contributed by atoms with E-state index in [1.807, 2.05) is 6.07 Å². The van der Waals surface area contributed by atoms with Crippen molar-refractivity contribution in [1.82, 2.24) is 0 Å². The summed E-state index contributed by atoms with van der Waals surface area (Å²) in [5.74, 6) is 0.868. The average Bonchev–Trinajstić information content (AvgIpc) is 2.83. The second-order valence-electron chi connectivity index (χ2n) is 9.60. The molecule has 0 spiro atoms. The van der Waals surface area contributed by atoms with Crippen LogP contribution in [0.4, 0.5) is 5.69 Å². The Morgan fingerprint density at radius 1 is 0.941 bits per heavy atom. The first-order valence-electron chi connectivity index (χ1n) is 12.4. The van der Waals surface area contributed by atoms with Crippen LogP contribution in [0.1, 0.15) is 62.0 Å². The van der Waals surface area contributed by atoms with E-state index in [-0.39, 0.29) is 12.2 Å². The van der Waals surface area contributed by atoms with Crippen LogP contribution >= 0.6 is 0 Å². The summed E-state index contributed by atoms with van der Waals surface area (Å²) in [5, 5.41) is 3.55. The van der Waals surface area contributed by atoms with Crippen molar-refractivity contribution in [3.63, 3.8) is 0 Å². The fraction of sp³-hybridized carbons (Fsp3) is 0.400. The third kappa shape index (κ3) is 5.81. The van der Waals surface area contributed by atoms with Gasteiger partial charge in [0, 0.05) is 24.4 Å². The molecule has 0 saturated carbocycles. The van der Waals surface area contributed by atoms with E-state index in [0.29, 0.717) is 13.2 Å². The normalized spacial score (nSPS) is 18.7. The topological polar surface area (TPSA) is 39.7 Å². The van der Waals surface area contributed by atoms with Crippen LogP contribution in [0.2, 0.25) is 0 Å². The lowest BCUT2D eigenvalue weighted by Gasteiger charge is -2.44. The number of benzene rings is 3. The summed E-state index contributed by atoms with van der Waals surface area (Å²) in [5.41, 5.74) is 5.23. The maximum atomic E-state index is 6.56. The fourth-order valence-electron chi connectivity index (χ4n) is 4.41. The lowest BCUT2D eigenvalue weighted by molar-refractivity contribution is -0.167. The van der Waals surface area contributed by atoms with Crippen molar-refractivity contribution in [1.29, 1.82) is 0 Å². The second-order valence-corrected chi connectivity index (χ2v) is 9.60. The molecule has 4 heteroatoms. The number of unbranched alkanes of at least 4 members (excludes halogenated alkanes) is 1. The van der Waals surface area contributed by atoms with E-state index in [2.05, 4.69) is 99.7 Å². The van der Waals surface area contributed by atoms with Crippen molar-refractivity contribution in [3.8, 4) is 5.75 Å². The Morgan fingerprint density at radius 3 is 2.47 bits per heavy atom. The van der Waals surface area contributed by atoms with E-state index in [9.17, 15) is 0 Å². The molecule has 4 nitrogen and oxygen atoms in total. The quantitative estimate of drug-likeness (QED) is 0.325. The molecule has 4 rings (SSSR count). The van der Waals surface area contributed by atoms with E-state index in [1.54, 1.807) is 0 Å². The molecule has 1 aliphatic heterocycles. The molecule has 0 radical (unpaired) electrons. The van der Waals surface area contributed by atoms with Gasteiger partial charge in [0.05, 0.1) is 6.61 Å². The molecule has 0 aliphatic carbocycles. The zero-order valence-corrected chi connectivity index (χ0v) is 20.8. The Kier molecular flexibility index (Phi) is 7.91. The zero-order valence-electron chi connectivity index (χ0n) is 20.8. The van der Waals surface area contributed by atoms with Crippen molar-refractivity contribution in [3.05, 3.63) is 95.1 Å². The third-order valence-corrected chi connectivity index (χ3v) is 6.46. The smallest absolute Gasteiger partial charge is 0.132 e. The lowest BCUT2D eigenvalue weighted by atomic mass is 9.87. The van der Waals surface area contributed by atoms with Crippen molar-refractivity contribution in [2.75, 3.05) is 11.9 Å². The highest BCUT2D eigenvalue weighted by molar-refractivity contribution is 5.54. The molecule has 2 atom stereocenters. The molecule has 0 fully saturated rings. The van der Waals surface area contributed by atoms with Crippen LogP contribution in [0.5, 0.6) is 5.75 Å². The molecule has 0 aromatic heterocycles. The van der Waals surface area contributed by atoms with Crippen LogP contribution < -0.4 is 10.1 Å². The lowest BCUT2D eigenvalue weighted by Crippen LogP contribution is -2.51. The summed E-state index contributed by atoms with van der Waals surface area (Å²) in [4.78, 5) is 0. The Morgan fingerprint density at radius 2 is 1.71 bits per heavy atom. The third-order valence-electron chi connectivity index (χ3n) is 6.46. The minimum absolute atomic E-state index is 0.201. The predicted molar refractivity (Wildman–Crippen MR) is 138 cm³/mol. The van der Waals surface area contributed by atoms with Crippen molar-refractivity contribution in [2.45, 2.75) is 71.5 Å². The van der Waals surface area contributed by atoms with E-state index >= 15 is 0 Å². The van der Waals surface area contributed by atoms with Crippen molar-refractivity contribution >= 4 is 5.69 Å². The minimum atomic E-state index is -0.522. The van der Waals surface area contributed by atoms with Gasteiger partial charge in [-0.1, -0.05) is 67.9 Å². The average molecular weight is 460 g/mol. The first-order chi connectivity index (χ1) is 16.5. The summed E-state index contributed by atoms with van der Waals surface area (Å²) < 4.78 is 19.5. The predicted octanol–water partition coefficient (Wildman–Crippen LogP) is 7.22. The van der Waals surface area contributed by atoms with Gasteiger partial charge >= 0.3 is 0 Å². The van der Waals surface area contributed by atoms with Crippen LogP contribution in [-0.2, 0) is 22.6 Å². The number of anilines is 1. The van der Waals surface area contributed by atoms with E-state index in [4.69, 9.17) is 14.2 Å². The monoisotopic (exact) mass is 459 g/mol. The molecule has 3 aromatic carbocycles.